The van der Waals surface area contributed by atoms with Crippen LogP contribution in [0.1, 0.15) is 33.5 Å². The van der Waals surface area contributed by atoms with Gasteiger partial charge in [0.05, 0.1) is 18.8 Å². The number of piperidine rings is 1. The van der Waals surface area contributed by atoms with Gasteiger partial charge in [-0.2, -0.15) is 0 Å². The Balaban J connectivity index is 1.47. The summed E-state index contributed by atoms with van der Waals surface area (Å²) < 4.78 is 8.33. The number of nitrogens with two attached hydrogens (primary N) is 2. The van der Waals surface area contributed by atoms with Gasteiger partial charge in [0.15, 0.2) is 0 Å². The number of pyridine rings is 1. The Morgan fingerprint density at radius 3 is 2.77 bits per heavy atom. The van der Waals surface area contributed by atoms with Gasteiger partial charge in [0.25, 0.3) is 0 Å². The maximum absolute atomic E-state index is 8.33. The van der Waals surface area contributed by atoms with Crippen LogP contribution in [0.2, 0.25) is 5.02 Å². The predicted octanol–water partition coefficient (Wildman–Crippen LogP) is 3.36. The summed E-state index contributed by atoms with van der Waals surface area (Å²) in [4.78, 5) is 15.8. The second-order valence-electron chi connectivity index (χ2n) is 7.10. The van der Waals surface area contributed by atoms with Crippen molar-refractivity contribution in [2.45, 2.75) is 48.1 Å². The van der Waals surface area contributed by atoms with Gasteiger partial charge >= 0.3 is 0 Å². The Labute approximate surface area is 164 Å². The fraction of sp³-hybridized carbons (Fsp3) is 0.500. The summed E-state index contributed by atoms with van der Waals surface area (Å²) in [6.07, 6.45) is 9.21. The van der Waals surface area contributed by atoms with E-state index in [-0.39, 0.29) is 12.0 Å². The molecule has 26 heavy (non-hydrogen) atoms. The quantitative estimate of drug-likeness (QED) is 0.828. The molecule has 0 bridgehead atoms. The van der Waals surface area contributed by atoms with Gasteiger partial charge in [-0.25, -0.2) is 15.0 Å². The normalized spacial score (nSPS) is 22.6. The molecule has 6 nitrogen and oxygen atoms in total. The van der Waals surface area contributed by atoms with Crippen LogP contribution in [0.4, 0.5) is 11.6 Å². The maximum Gasteiger partial charge on any atom is 0.147 e. The molecule has 0 radical (unpaired) electrons. The summed E-state index contributed by atoms with van der Waals surface area (Å²) >= 11 is 7.52. The molecule has 4 N–H and O–H groups in total. The molecule has 2 aromatic rings. The van der Waals surface area contributed by atoms with E-state index in [1.165, 1.54) is 24.6 Å². The van der Waals surface area contributed by atoms with Gasteiger partial charge in [0, 0.05) is 30.2 Å². The zero-order valence-electron chi connectivity index (χ0n) is 15.5. The van der Waals surface area contributed by atoms with E-state index in [1.807, 2.05) is 0 Å². The average Bonchev–Trinajstić information content (AvgIpc) is 3.00. The van der Waals surface area contributed by atoms with Crippen molar-refractivity contribution in [3.8, 4) is 0 Å². The first-order valence-electron chi connectivity index (χ1n) is 9.40. The van der Waals surface area contributed by atoms with Crippen molar-refractivity contribution in [3.63, 3.8) is 0 Å². The number of nitrogens with zero attached hydrogens (tertiary/aromatic N) is 4. The Morgan fingerprint density at radius 2 is 2.08 bits per heavy atom. The van der Waals surface area contributed by atoms with Crippen molar-refractivity contribution in [1.29, 1.82) is 0 Å². The lowest BCUT2D eigenvalue weighted by Gasteiger charge is -2.42. The maximum atomic E-state index is 8.33. The molecule has 2 aromatic heterocycles. The van der Waals surface area contributed by atoms with Crippen LogP contribution in [-0.2, 0) is 0 Å². The Morgan fingerprint density at radius 1 is 1.27 bits per heavy atom. The van der Waals surface area contributed by atoms with Crippen molar-refractivity contribution < 1.29 is 1.37 Å². The van der Waals surface area contributed by atoms with E-state index >= 15 is 0 Å². The SMILES string of the molecule is [2H]c1nc(Sc2ccnc(N)c2Cl)cnc1N1CCC2(CCC[C@H]2N)CC1. The molecule has 1 spiro atoms. The van der Waals surface area contributed by atoms with Gasteiger partial charge in [-0.15, -0.1) is 0 Å². The molecular weight excluding hydrogens is 368 g/mol. The van der Waals surface area contributed by atoms with Gasteiger partial charge in [-0.05, 0) is 37.2 Å². The first-order valence-corrected chi connectivity index (χ1v) is 10.1. The van der Waals surface area contributed by atoms with Crippen LogP contribution in [0.15, 0.2) is 34.6 Å². The summed E-state index contributed by atoms with van der Waals surface area (Å²) in [5, 5.41) is 1.01. The molecule has 1 aliphatic heterocycles. The lowest BCUT2D eigenvalue weighted by atomic mass is 9.74. The van der Waals surface area contributed by atoms with Crippen molar-refractivity contribution in [2.75, 3.05) is 23.7 Å². The zero-order valence-corrected chi connectivity index (χ0v) is 16.1. The molecule has 0 unspecified atom stereocenters. The molecule has 0 amide bonds. The fourth-order valence-corrected chi connectivity index (χ4v) is 5.04. The number of hydrogen-bond donors (Lipinski definition) is 2. The summed E-state index contributed by atoms with van der Waals surface area (Å²) in [6.45, 7) is 1.76. The highest BCUT2D eigenvalue weighted by Gasteiger charge is 2.42. The van der Waals surface area contributed by atoms with Crippen LogP contribution in [0.3, 0.4) is 0 Å². The number of hydrogen-bond acceptors (Lipinski definition) is 7. The summed E-state index contributed by atoms with van der Waals surface area (Å²) in [5.74, 6) is 0.922. The van der Waals surface area contributed by atoms with Crippen LogP contribution in [0.5, 0.6) is 0 Å². The summed E-state index contributed by atoms with van der Waals surface area (Å²) in [6, 6.07) is 2.09. The minimum atomic E-state index is 0.185. The smallest absolute Gasteiger partial charge is 0.147 e. The molecule has 4 rings (SSSR count). The monoisotopic (exact) mass is 391 g/mol. The second-order valence-corrected chi connectivity index (χ2v) is 8.54. The number of rotatable bonds is 3. The Bertz CT molecular complexity index is 843. The Kier molecular flexibility index (Phi) is 4.60. The largest absolute Gasteiger partial charge is 0.382 e. The minimum Gasteiger partial charge on any atom is -0.382 e. The van der Waals surface area contributed by atoms with Gasteiger partial charge in [0.1, 0.15) is 16.7 Å². The van der Waals surface area contributed by atoms with E-state index < -0.39 is 0 Å². The highest BCUT2D eigenvalue weighted by molar-refractivity contribution is 7.99. The van der Waals surface area contributed by atoms with E-state index in [1.54, 1.807) is 18.5 Å². The van der Waals surface area contributed by atoms with Crippen LogP contribution in [0.25, 0.3) is 0 Å². The van der Waals surface area contributed by atoms with Crippen molar-refractivity contribution >= 4 is 35.0 Å². The van der Waals surface area contributed by atoms with E-state index in [2.05, 4.69) is 19.9 Å². The molecule has 8 heteroatoms. The van der Waals surface area contributed by atoms with Crippen LogP contribution < -0.4 is 16.4 Å². The first kappa shape index (κ1) is 16.6. The van der Waals surface area contributed by atoms with Crippen molar-refractivity contribution in [2.24, 2.45) is 11.1 Å². The number of halogens is 1. The number of nitrogen functional groups attached to an aromatic ring is 1. The van der Waals surface area contributed by atoms with E-state index in [0.29, 0.717) is 27.3 Å². The fourth-order valence-electron chi connectivity index (χ4n) is 4.06. The van der Waals surface area contributed by atoms with Gasteiger partial charge in [-0.3, -0.25) is 0 Å². The molecule has 2 aliphatic rings. The highest BCUT2D eigenvalue weighted by atomic mass is 35.5. The third kappa shape index (κ3) is 3.35. The van der Waals surface area contributed by atoms with E-state index in [9.17, 15) is 0 Å². The van der Waals surface area contributed by atoms with Crippen molar-refractivity contribution in [1.82, 2.24) is 15.0 Å². The molecule has 0 aromatic carbocycles. The lowest BCUT2D eigenvalue weighted by Crippen LogP contribution is -2.47. The Hall–Kier alpha value is -1.57. The van der Waals surface area contributed by atoms with Gasteiger partial charge in [0.2, 0.25) is 0 Å². The molecule has 1 atom stereocenters. The average molecular weight is 392 g/mol. The van der Waals surface area contributed by atoms with Gasteiger partial charge in [-0.1, -0.05) is 29.8 Å². The topological polar surface area (TPSA) is 93.9 Å². The molecule has 3 heterocycles. The third-order valence-corrected chi connectivity index (χ3v) is 7.17. The molecule has 138 valence electrons. The second kappa shape index (κ2) is 7.21. The van der Waals surface area contributed by atoms with E-state index in [0.717, 1.165) is 37.2 Å². The van der Waals surface area contributed by atoms with E-state index in [4.69, 9.17) is 24.4 Å². The lowest BCUT2D eigenvalue weighted by molar-refractivity contribution is 0.197. The third-order valence-electron chi connectivity index (χ3n) is 5.69. The molecule has 1 saturated heterocycles. The first-order chi connectivity index (χ1) is 13.0. The summed E-state index contributed by atoms with van der Waals surface area (Å²) in [5.41, 5.74) is 12.4. The standard InChI is InChI=1S/C18H23ClN6S/c19-16-12(3-7-22-17(16)21)26-15-11-23-14(10-24-15)25-8-5-18(6-9-25)4-1-2-13(18)20/h3,7,10-11,13H,1-2,4-6,8-9,20H2,(H2,21,22)/t13-/m1/s1/i10D. The molecular formula is C18H23ClN6S. The summed E-state index contributed by atoms with van der Waals surface area (Å²) in [7, 11) is 0. The molecule has 1 aliphatic carbocycles. The predicted molar refractivity (Wildman–Crippen MR) is 106 cm³/mol. The number of anilines is 2. The minimum absolute atomic E-state index is 0.185. The number of aromatic nitrogens is 3. The highest BCUT2D eigenvalue weighted by Crippen LogP contribution is 2.45. The van der Waals surface area contributed by atoms with Gasteiger partial charge < -0.3 is 16.4 Å². The molecule has 2 fully saturated rings. The van der Waals surface area contributed by atoms with Crippen LogP contribution in [-0.4, -0.2) is 34.1 Å². The van der Waals surface area contributed by atoms with Crippen LogP contribution >= 0.6 is 23.4 Å². The van der Waals surface area contributed by atoms with Crippen molar-refractivity contribution in [3.05, 3.63) is 29.7 Å². The zero-order chi connectivity index (χ0) is 19.0. The molecule has 1 saturated carbocycles. The van der Waals surface area contributed by atoms with Crippen LogP contribution in [0, 0.1) is 5.41 Å².